The van der Waals surface area contributed by atoms with E-state index >= 15 is 0 Å². The van der Waals surface area contributed by atoms with Crippen molar-refractivity contribution in [1.82, 2.24) is 35.1 Å². The number of aromatic nitrogens is 4. The second-order valence-electron chi connectivity index (χ2n) is 23.5. The zero-order chi connectivity index (χ0) is 60.5. The Labute approximate surface area is 541 Å². The third-order valence-corrected chi connectivity index (χ3v) is 20.5. The first-order valence-electron chi connectivity index (χ1n) is 30.6. The van der Waals surface area contributed by atoms with Crippen molar-refractivity contribution in [2.75, 3.05) is 58.4 Å². The van der Waals surface area contributed by atoms with Crippen molar-refractivity contribution >= 4 is 128 Å². The highest BCUT2D eigenvalue weighted by Crippen LogP contribution is 2.42. The van der Waals surface area contributed by atoms with Crippen molar-refractivity contribution in [2.24, 2.45) is 5.73 Å². The number of nitrogens with one attached hydrogen (secondary N) is 5. The normalized spacial score (nSPS) is 20.3. The van der Waals surface area contributed by atoms with E-state index in [1.54, 1.807) is 11.1 Å². The van der Waals surface area contributed by atoms with Crippen LogP contribution in [0.2, 0.25) is 0 Å². The molecule has 0 saturated carbocycles. The highest BCUT2D eigenvalue weighted by Gasteiger charge is 2.32. The molecule has 1 fully saturated rings. The second kappa shape index (κ2) is 29.8. The highest BCUT2D eigenvalue weighted by molar-refractivity contribution is 9.11. The molecule has 1 saturated heterocycles. The predicted octanol–water partition coefficient (Wildman–Crippen LogP) is 16.0. The molecule has 0 spiro atoms. The molecule has 14 rings (SSSR count). The van der Waals surface area contributed by atoms with Crippen LogP contribution in [-0.4, -0.2) is 105 Å². The molecule has 4 atom stereocenters. The molecule has 0 radical (unpaired) electrons. The topological polar surface area (TPSA) is 194 Å². The Kier molecular flexibility index (Phi) is 22.6. The Bertz CT molecular complexity index is 3780. The molecule has 4 aliphatic carbocycles. The number of unbranched alkanes of at least 4 members (excludes halogenated alkanes) is 1. The van der Waals surface area contributed by atoms with E-state index in [1.165, 1.54) is 206 Å². The summed E-state index contributed by atoms with van der Waals surface area (Å²) in [7, 11) is -6.90. The van der Waals surface area contributed by atoms with Gasteiger partial charge in [-0.05, 0) is 211 Å². The molecular weight excluding hydrogens is 1380 g/mol. The van der Waals surface area contributed by atoms with Gasteiger partial charge in [-0.15, -0.1) is 0 Å². The molecule has 2 aliphatic heterocycles. The summed E-state index contributed by atoms with van der Waals surface area (Å²) in [5, 5.41) is 9.26. The van der Waals surface area contributed by atoms with Crippen molar-refractivity contribution in [2.45, 2.75) is 134 Å². The number of hydrogen-bond acceptors (Lipinski definition) is 10. The number of aromatic amines is 4. The molecule has 4 aromatic heterocycles. The van der Waals surface area contributed by atoms with Crippen LogP contribution >= 0.6 is 63.7 Å². The zero-order valence-corrected chi connectivity index (χ0v) is 57.5. The molecule has 20 heteroatoms. The third kappa shape index (κ3) is 16.5. The van der Waals surface area contributed by atoms with E-state index in [-0.39, 0.29) is 19.3 Å². The lowest BCUT2D eigenvalue weighted by Gasteiger charge is -2.31. The maximum Gasteiger partial charge on any atom is 0.264 e. The molecule has 6 heterocycles. The smallest absolute Gasteiger partial charge is 0.264 e. The van der Waals surface area contributed by atoms with Gasteiger partial charge in [0.2, 0.25) is 0 Å². The Hall–Kier alpha value is -3.90. The van der Waals surface area contributed by atoms with Crippen LogP contribution in [0.5, 0.6) is 0 Å². The monoisotopic (exact) mass is 1460 g/mol. The number of H-pyrrole nitrogens is 4. The fraction of sp³-hybridized carbons (Fsp3) is 0.455. The van der Waals surface area contributed by atoms with Crippen LogP contribution in [0, 0.1) is 0 Å². The molecule has 86 heavy (non-hydrogen) atoms. The number of hydrogen-bond donors (Lipinski definition) is 6. The van der Waals surface area contributed by atoms with Crippen LogP contribution < -0.4 is 11.1 Å². The van der Waals surface area contributed by atoms with Crippen LogP contribution in [0.25, 0.3) is 43.6 Å². The van der Waals surface area contributed by atoms with Gasteiger partial charge in [-0.3, -0.25) is 18.2 Å². The summed E-state index contributed by atoms with van der Waals surface area (Å²) in [4.78, 5) is 19.7. The van der Waals surface area contributed by atoms with Gasteiger partial charge in [0.15, 0.2) is 0 Å². The van der Waals surface area contributed by atoms with Crippen molar-refractivity contribution in [3.8, 4) is 0 Å². The Morgan fingerprint density at radius 2 is 0.919 bits per heavy atom. The summed E-state index contributed by atoms with van der Waals surface area (Å²) >= 11 is 14.3. The van der Waals surface area contributed by atoms with Gasteiger partial charge < -0.3 is 31.0 Å². The van der Waals surface area contributed by atoms with Gasteiger partial charge in [0, 0.05) is 109 Å². The molecule has 0 amide bonds. The van der Waals surface area contributed by atoms with Crippen molar-refractivity contribution in [1.29, 1.82) is 0 Å². The summed E-state index contributed by atoms with van der Waals surface area (Å²) in [6.45, 7) is 7.87. The lowest BCUT2D eigenvalue weighted by atomic mass is 9.91. The van der Waals surface area contributed by atoms with E-state index in [9.17, 15) is 16.8 Å². The van der Waals surface area contributed by atoms with E-state index in [4.69, 9.17) is 5.73 Å². The van der Waals surface area contributed by atoms with Crippen LogP contribution in [-0.2, 0) is 54.3 Å². The van der Waals surface area contributed by atoms with E-state index in [2.05, 4.69) is 199 Å². The van der Waals surface area contributed by atoms with Crippen LogP contribution in [0.4, 0.5) is 0 Å². The number of fused-ring (bicyclic) bond motifs is 12. The Morgan fingerprint density at radius 1 is 0.535 bits per heavy atom. The van der Waals surface area contributed by atoms with Gasteiger partial charge in [0.1, 0.15) is 0 Å². The first kappa shape index (κ1) is 65.1. The average Bonchev–Trinajstić information content (AvgIpc) is 2.16. The van der Waals surface area contributed by atoms with Crippen molar-refractivity contribution < 1.29 is 25.2 Å². The summed E-state index contributed by atoms with van der Waals surface area (Å²) in [5.74, 6) is 0. The van der Waals surface area contributed by atoms with Gasteiger partial charge in [0.25, 0.3) is 20.2 Å². The van der Waals surface area contributed by atoms with Crippen LogP contribution in [0.3, 0.4) is 0 Å². The number of nitrogens with zero attached hydrogens (tertiary/aromatic N) is 2. The standard InChI is InChI=1S/C16H19BrN2.C16H17BrN2.C16H21BrN2.C12H13BrN2.C6H12O6S2/c2*17-11-6-7-14-13(10-11)12-4-3-5-15(16(12)18-14)19-8-1-2-9-19;1-2-3-9-18-15-6-4-5-12-13-10-11(17)7-8-14(13)19-16(12)15;13-7-4-5-11-9(6-7)8-2-1-3-10(14)12(8)15-11;1-13(7,8)11-5-3-4-6-12-14(2,9)10/h6-7,10,15,18H,1-5,8-9H2;1-2,6-7,10,15,18H,3-5,8-9H2;7-8,10,15,18-19H,2-6,9H2,1H3;4-6,10,15H,1-3,14H2;3-4H,5-6H2,1-2H3/b;;;;4-3-. The summed E-state index contributed by atoms with van der Waals surface area (Å²) in [6.07, 6.45) is 29.3. The number of benzene rings is 4. The number of aryl methyl sites for hydroxylation is 4. The molecule has 0 bridgehead atoms. The van der Waals surface area contributed by atoms with E-state index < -0.39 is 20.2 Å². The van der Waals surface area contributed by atoms with Gasteiger partial charge in [0.05, 0.1) is 37.8 Å². The maximum absolute atomic E-state index is 10.4. The Morgan fingerprint density at radius 3 is 1.36 bits per heavy atom. The fourth-order valence-corrected chi connectivity index (χ4v) is 15.5. The van der Waals surface area contributed by atoms with Crippen molar-refractivity contribution in [3.05, 3.63) is 160 Å². The minimum absolute atomic E-state index is 0.133. The van der Waals surface area contributed by atoms with E-state index in [0.717, 1.165) is 49.5 Å². The minimum atomic E-state index is -3.45. The quantitative estimate of drug-likeness (QED) is 0.0389. The lowest BCUT2D eigenvalue weighted by Crippen LogP contribution is -2.29. The predicted molar refractivity (Wildman–Crippen MR) is 366 cm³/mol. The minimum Gasteiger partial charge on any atom is -0.357 e. The summed E-state index contributed by atoms with van der Waals surface area (Å²) < 4.78 is 55.1. The van der Waals surface area contributed by atoms with Gasteiger partial charge >= 0.3 is 0 Å². The molecule has 6 aliphatic rings. The van der Waals surface area contributed by atoms with Gasteiger partial charge in [-0.25, -0.2) is 0 Å². The van der Waals surface area contributed by atoms with Crippen LogP contribution in [0.1, 0.15) is 153 Å². The highest BCUT2D eigenvalue weighted by atomic mass is 79.9. The molecule has 462 valence electrons. The Balaban J connectivity index is 0.000000120. The van der Waals surface area contributed by atoms with E-state index in [1.807, 2.05) is 0 Å². The zero-order valence-electron chi connectivity index (χ0n) is 49.6. The number of halogens is 4. The van der Waals surface area contributed by atoms with Gasteiger partial charge in [-0.1, -0.05) is 101 Å². The molecule has 7 N–H and O–H groups in total. The summed E-state index contributed by atoms with van der Waals surface area (Å²) in [6, 6.07) is 28.0. The summed E-state index contributed by atoms with van der Waals surface area (Å²) in [5.41, 5.74) is 22.9. The first-order chi connectivity index (χ1) is 41.4. The molecule has 4 unspecified atom stereocenters. The SMILES string of the molecule is Brc1ccc2[nH]c3c(c2c1)CCCC3N1CC=CC1.Brc1ccc2[nH]c3c(c2c1)CCCC3N1CCCC1.CCCCNC1CCCc2c1[nH]c1ccc(Br)cc21.CS(=O)(=O)OC/C=C\COS(C)(=O)=O.NC1CCCc2c1[nH]c1ccc(Br)cc21. The number of nitrogens with two attached hydrogens (primary N) is 1. The first-order valence-corrected chi connectivity index (χ1v) is 37.4. The maximum atomic E-state index is 10.4. The van der Waals surface area contributed by atoms with Crippen LogP contribution in [0.15, 0.2) is 115 Å². The number of rotatable bonds is 12. The van der Waals surface area contributed by atoms with Crippen molar-refractivity contribution in [3.63, 3.8) is 0 Å². The largest absolute Gasteiger partial charge is 0.357 e. The van der Waals surface area contributed by atoms with E-state index in [0.29, 0.717) is 18.1 Å². The lowest BCUT2D eigenvalue weighted by molar-refractivity contribution is 0.218. The van der Waals surface area contributed by atoms with Gasteiger partial charge in [-0.2, -0.15) is 16.8 Å². The molecular formula is C66H82Br4N8O6S2. The third-order valence-electron chi connectivity index (χ3n) is 17.4. The number of likely N-dealkylation sites (tertiary alicyclic amines) is 1. The molecule has 4 aromatic carbocycles. The fourth-order valence-electron chi connectivity index (χ4n) is 13.4. The second-order valence-corrected chi connectivity index (χ2v) is 30.5. The molecule has 8 aromatic rings. The molecule has 14 nitrogen and oxygen atoms in total. The average molecular weight is 1470 g/mol.